The Balaban J connectivity index is 1.44. The molecule has 176 valence electrons. The van der Waals surface area contributed by atoms with Crippen molar-refractivity contribution >= 4 is 55.6 Å². The molecular formula is C25H16F3N3O2S2. The quantitative estimate of drug-likeness (QED) is 0.207. The van der Waals surface area contributed by atoms with E-state index in [0.717, 1.165) is 22.3 Å². The number of hydrogen-bond acceptors (Lipinski definition) is 6. The minimum atomic E-state index is -4.45. The lowest BCUT2D eigenvalue weighted by atomic mass is 10.1. The van der Waals surface area contributed by atoms with Crippen LogP contribution in [-0.2, 0) is 11.0 Å². The predicted octanol–water partition coefficient (Wildman–Crippen LogP) is 7.37. The lowest BCUT2D eigenvalue weighted by Crippen LogP contribution is -2.29. The zero-order chi connectivity index (χ0) is 24.6. The van der Waals surface area contributed by atoms with Crippen molar-refractivity contribution < 1.29 is 22.4 Å². The third-order valence-corrected chi connectivity index (χ3v) is 6.99. The van der Waals surface area contributed by atoms with Crippen LogP contribution in [0, 0.1) is 0 Å². The number of para-hydroxylation sites is 1. The number of thiazole rings is 1. The number of nitrogens with zero attached hydrogens (tertiary/aromatic N) is 3. The molecule has 1 aliphatic rings. The molecule has 10 heteroatoms. The second kappa shape index (κ2) is 9.20. The highest BCUT2D eigenvalue weighted by Gasteiger charge is 2.33. The molecule has 2 aromatic heterocycles. The van der Waals surface area contributed by atoms with E-state index in [9.17, 15) is 18.0 Å². The number of thioether (sulfide) groups is 1. The standard InChI is InChI=1S/C25H16F3N3O2S2/c1-2-12-31-22(32)21(35-24(31)30-23-29-18-8-3-4-9-20(18)34-23)14-17-10-11-19(33-17)15-6-5-7-16(13-15)25(26,27)28/h2-11,13-14H,1,12H2/b21-14-,30-24+. The Morgan fingerprint density at radius 2 is 1.94 bits per heavy atom. The fourth-order valence-electron chi connectivity index (χ4n) is 3.43. The van der Waals surface area contributed by atoms with Gasteiger partial charge in [0.2, 0.25) is 5.13 Å². The maximum Gasteiger partial charge on any atom is 0.416 e. The second-order valence-electron chi connectivity index (χ2n) is 7.45. The number of rotatable bonds is 5. The summed E-state index contributed by atoms with van der Waals surface area (Å²) in [5, 5.41) is 0.992. The van der Waals surface area contributed by atoms with Gasteiger partial charge in [0.1, 0.15) is 11.5 Å². The van der Waals surface area contributed by atoms with Gasteiger partial charge in [-0.2, -0.15) is 18.2 Å². The van der Waals surface area contributed by atoms with Gasteiger partial charge in [-0.25, -0.2) is 4.98 Å². The molecule has 1 saturated heterocycles. The van der Waals surface area contributed by atoms with Crippen LogP contribution in [0.2, 0.25) is 0 Å². The maximum atomic E-state index is 13.0. The Morgan fingerprint density at radius 3 is 2.71 bits per heavy atom. The number of furan rings is 1. The molecule has 0 radical (unpaired) electrons. The molecule has 0 unspecified atom stereocenters. The van der Waals surface area contributed by atoms with Gasteiger partial charge < -0.3 is 4.42 Å². The summed E-state index contributed by atoms with van der Waals surface area (Å²) >= 11 is 2.60. The van der Waals surface area contributed by atoms with Crippen LogP contribution in [0.15, 0.2) is 87.6 Å². The van der Waals surface area contributed by atoms with E-state index in [1.807, 2.05) is 24.3 Å². The molecule has 4 aromatic rings. The van der Waals surface area contributed by atoms with Crippen LogP contribution in [0.3, 0.4) is 0 Å². The summed E-state index contributed by atoms with van der Waals surface area (Å²) < 4.78 is 45.9. The first kappa shape index (κ1) is 23.1. The van der Waals surface area contributed by atoms with Gasteiger partial charge in [-0.3, -0.25) is 9.69 Å². The maximum absolute atomic E-state index is 13.0. The van der Waals surface area contributed by atoms with Crippen molar-refractivity contribution in [3.05, 3.63) is 89.5 Å². The van der Waals surface area contributed by atoms with E-state index in [2.05, 4.69) is 16.6 Å². The molecule has 0 saturated carbocycles. The van der Waals surface area contributed by atoms with E-state index in [0.29, 0.717) is 26.5 Å². The van der Waals surface area contributed by atoms with E-state index < -0.39 is 11.7 Å². The number of carbonyl (C=O) groups excluding carboxylic acids is 1. The van der Waals surface area contributed by atoms with Gasteiger partial charge in [0.15, 0.2) is 5.17 Å². The Bertz CT molecular complexity index is 1470. The molecule has 0 spiro atoms. The first-order chi connectivity index (χ1) is 16.8. The summed E-state index contributed by atoms with van der Waals surface area (Å²) in [5.74, 6) is 0.338. The molecule has 1 aliphatic heterocycles. The number of aliphatic imine (C=N–C) groups is 1. The molecule has 1 amide bonds. The molecular weight excluding hydrogens is 495 g/mol. The van der Waals surface area contributed by atoms with Crippen molar-refractivity contribution in [1.82, 2.24) is 9.88 Å². The highest BCUT2D eigenvalue weighted by molar-refractivity contribution is 8.18. The largest absolute Gasteiger partial charge is 0.457 e. The molecule has 3 heterocycles. The Labute approximate surface area is 206 Å². The van der Waals surface area contributed by atoms with Crippen molar-refractivity contribution in [1.29, 1.82) is 0 Å². The number of alkyl halides is 3. The van der Waals surface area contributed by atoms with Crippen molar-refractivity contribution in [2.75, 3.05) is 6.54 Å². The summed E-state index contributed by atoms with van der Waals surface area (Å²) in [5.41, 5.74) is 0.361. The summed E-state index contributed by atoms with van der Waals surface area (Å²) in [7, 11) is 0. The second-order valence-corrected chi connectivity index (χ2v) is 9.47. The van der Waals surface area contributed by atoms with Crippen molar-refractivity contribution in [2.24, 2.45) is 4.99 Å². The fraction of sp³-hybridized carbons (Fsp3) is 0.0800. The van der Waals surface area contributed by atoms with E-state index >= 15 is 0 Å². The minimum Gasteiger partial charge on any atom is -0.457 e. The summed E-state index contributed by atoms with van der Waals surface area (Å²) in [6, 6.07) is 15.7. The van der Waals surface area contributed by atoms with Gasteiger partial charge in [-0.15, -0.1) is 6.58 Å². The average molecular weight is 512 g/mol. The van der Waals surface area contributed by atoms with Crippen molar-refractivity contribution in [3.8, 4) is 11.3 Å². The molecule has 35 heavy (non-hydrogen) atoms. The highest BCUT2D eigenvalue weighted by atomic mass is 32.2. The van der Waals surface area contributed by atoms with Crippen LogP contribution < -0.4 is 0 Å². The molecule has 0 aliphatic carbocycles. The molecule has 0 bridgehead atoms. The highest BCUT2D eigenvalue weighted by Crippen LogP contribution is 2.37. The number of benzene rings is 2. The monoisotopic (exact) mass is 511 g/mol. The summed E-state index contributed by atoms with van der Waals surface area (Å²) in [4.78, 5) is 24.0. The smallest absolute Gasteiger partial charge is 0.416 e. The van der Waals surface area contributed by atoms with Gasteiger partial charge in [0.25, 0.3) is 5.91 Å². The number of aromatic nitrogens is 1. The van der Waals surface area contributed by atoms with Crippen LogP contribution in [0.1, 0.15) is 11.3 Å². The van der Waals surface area contributed by atoms with Crippen LogP contribution in [0.25, 0.3) is 27.6 Å². The van der Waals surface area contributed by atoms with Gasteiger partial charge >= 0.3 is 6.18 Å². The van der Waals surface area contributed by atoms with Gasteiger partial charge in [-0.05, 0) is 48.2 Å². The van der Waals surface area contributed by atoms with E-state index in [1.165, 1.54) is 40.1 Å². The first-order valence-corrected chi connectivity index (χ1v) is 12.0. The SMILES string of the molecule is C=CCN1C(=O)/C(=C/c2ccc(-c3cccc(C(F)(F)F)c3)o2)S/C1=N/c1nc2ccccc2s1. The molecule has 2 aromatic carbocycles. The lowest BCUT2D eigenvalue weighted by Gasteiger charge is -2.11. The van der Waals surface area contributed by atoms with Gasteiger partial charge in [-0.1, -0.05) is 41.7 Å². The minimum absolute atomic E-state index is 0.264. The van der Waals surface area contributed by atoms with Crippen molar-refractivity contribution in [2.45, 2.75) is 6.18 Å². The van der Waals surface area contributed by atoms with Crippen molar-refractivity contribution in [3.63, 3.8) is 0 Å². The van der Waals surface area contributed by atoms with E-state index in [1.54, 1.807) is 24.3 Å². The topological polar surface area (TPSA) is 58.7 Å². The number of halogens is 3. The Kier molecular flexibility index (Phi) is 6.08. The predicted molar refractivity (Wildman–Crippen MR) is 133 cm³/mol. The fourth-order valence-corrected chi connectivity index (χ4v) is 5.30. The van der Waals surface area contributed by atoms with Crippen LogP contribution in [-0.4, -0.2) is 27.5 Å². The van der Waals surface area contributed by atoms with Crippen LogP contribution >= 0.6 is 23.1 Å². The van der Waals surface area contributed by atoms with Gasteiger partial charge in [0.05, 0.1) is 20.7 Å². The number of hydrogen-bond donors (Lipinski definition) is 0. The number of amidine groups is 1. The zero-order valence-corrected chi connectivity index (χ0v) is 19.6. The summed E-state index contributed by atoms with van der Waals surface area (Å²) in [6.07, 6.45) is -1.29. The number of fused-ring (bicyclic) bond motifs is 1. The van der Waals surface area contributed by atoms with E-state index in [4.69, 9.17) is 4.42 Å². The Hall–Kier alpha value is -3.63. The first-order valence-electron chi connectivity index (χ1n) is 10.4. The molecule has 5 rings (SSSR count). The zero-order valence-electron chi connectivity index (χ0n) is 18.0. The van der Waals surface area contributed by atoms with E-state index in [-0.39, 0.29) is 18.2 Å². The van der Waals surface area contributed by atoms with Gasteiger partial charge in [0, 0.05) is 18.2 Å². The third kappa shape index (κ3) is 4.80. The molecule has 0 N–H and O–H groups in total. The number of carbonyl (C=O) groups is 1. The number of amides is 1. The average Bonchev–Trinajstić information content (AvgIpc) is 3.53. The molecule has 1 fully saturated rings. The lowest BCUT2D eigenvalue weighted by molar-refractivity contribution is -0.137. The molecule has 0 atom stereocenters. The normalized spacial score (nSPS) is 16.7. The third-order valence-electron chi connectivity index (χ3n) is 5.05. The van der Waals surface area contributed by atoms with Crippen LogP contribution in [0.5, 0.6) is 0 Å². The Morgan fingerprint density at radius 1 is 1.11 bits per heavy atom. The summed E-state index contributed by atoms with van der Waals surface area (Å²) in [6.45, 7) is 3.98. The van der Waals surface area contributed by atoms with Crippen LogP contribution in [0.4, 0.5) is 18.3 Å². The molecule has 5 nitrogen and oxygen atoms in total.